The van der Waals surface area contributed by atoms with Crippen molar-refractivity contribution >= 4 is 149 Å². The van der Waals surface area contributed by atoms with Gasteiger partial charge in [0.25, 0.3) is 23.6 Å². The monoisotopic (exact) mass is 1750 g/mol. The Kier molecular flexibility index (Phi) is 29.2. The van der Waals surface area contributed by atoms with Crippen molar-refractivity contribution in [1.29, 1.82) is 0 Å². The Morgan fingerprint density at radius 2 is 0.602 bits per heavy atom. The highest BCUT2D eigenvalue weighted by Crippen LogP contribution is 2.46. The van der Waals surface area contributed by atoms with Crippen molar-refractivity contribution in [3.8, 4) is 46.4 Å². The van der Waals surface area contributed by atoms with Crippen LogP contribution in [0.4, 0.5) is 13.2 Å². The third-order valence-electron chi connectivity index (χ3n) is 24.4. The molecule has 0 bridgehead atoms. The van der Waals surface area contributed by atoms with Crippen LogP contribution in [0.25, 0.3) is 43.1 Å². The second-order valence-electron chi connectivity index (χ2n) is 34.1. The van der Waals surface area contributed by atoms with Gasteiger partial charge < -0.3 is 9.47 Å². The Bertz CT molecular complexity index is 5570. The number of carbonyl (C=O) groups is 8. The Hall–Kier alpha value is -9.39. The van der Waals surface area contributed by atoms with Crippen LogP contribution < -0.4 is 0 Å². The third kappa shape index (κ3) is 17.4. The van der Waals surface area contributed by atoms with E-state index < -0.39 is 95.4 Å². The standard InChI is InChI=1S/C24H26F3NO5SSi.C23H27NO3Si.C23H26O3Si.C12H5BrO3.C11H22Si/c1-14(2)35(15(3)4,16(5)6)13-12-17-10-11-20-21-18(17)8-7-9-19(21)22(29)28(23(20)30)33-34(31,32)24(25,26)27;1-14(2)28(15(3)4,16(5)6)13-12-17-10-11-20-21-18(17)8-7-9-19(21)22(25)24(27)23(20)26;1-14(2)27(15(3)4,16(5)6)13-12-17-10-11-20-21-18(17)8-7-9-19(21)22(24)26-23(20)25;13-9-5-4-8-10-6(9)2-1-3-7(10)11(14)16-12(8)15;1-8-12(9(2)3,10(4)5)11(6)7/h7-11,14-16H,1-6H3;7-11,14-16,27H,1-6H3;7-11,14-16H,1-6H3;1-5H;1,9-11H,2-7H3. The third-order valence-corrected chi connectivity index (χ3v) is 51.2. The Balaban J connectivity index is 0.000000191. The number of rotatable bonds is 14. The highest BCUT2D eigenvalue weighted by molar-refractivity contribution is 9.10. The number of halogens is 4. The SMILES string of the molecule is C#C[Si](C(C)C)(C(C)C)C(C)C.CC(C)[Si](C#Cc1ccc2c3c(cccc13)C(=O)N(O)C2=O)(C(C)C)C(C)C.CC(C)[Si](C#Cc1ccc2c3c(cccc13)C(=O)N(OS(=O)(=O)C(F)(F)F)C2=O)(C(C)C)C(C)C.CC(C)[Si](C#Cc1ccc2c3c(cccc13)C(=O)OC2=O)(C(C)C)C(C)C.O=C1OC(=O)c2ccc(Br)c3cccc1c23. The molecule has 1 N–H and O–H groups in total. The van der Waals surface area contributed by atoms with Crippen LogP contribution in [0.5, 0.6) is 0 Å². The topological polar surface area (TPSA) is 225 Å². The first-order valence-electron chi connectivity index (χ1n) is 39.9. The molecule has 25 heteroatoms. The molecule has 0 aromatic heterocycles. The molecule has 0 aliphatic carbocycles. The van der Waals surface area contributed by atoms with Crippen LogP contribution in [0.2, 0.25) is 66.5 Å². The number of alkyl halides is 3. The summed E-state index contributed by atoms with van der Waals surface area (Å²) in [5.41, 5.74) is 19.1. The molecule has 622 valence electrons. The van der Waals surface area contributed by atoms with Crippen LogP contribution in [0.15, 0.2) is 126 Å². The summed E-state index contributed by atoms with van der Waals surface area (Å²) in [5, 5.41) is 14.7. The van der Waals surface area contributed by atoms with Crippen molar-refractivity contribution in [2.75, 3.05) is 0 Å². The van der Waals surface area contributed by atoms with Crippen LogP contribution in [0.3, 0.4) is 0 Å². The van der Waals surface area contributed by atoms with E-state index in [1.807, 2.05) is 36.4 Å². The van der Waals surface area contributed by atoms with Gasteiger partial charge in [0.1, 0.15) is 32.3 Å². The van der Waals surface area contributed by atoms with Gasteiger partial charge in [-0.3, -0.25) is 24.4 Å². The van der Waals surface area contributed by atoms with Crippen molar-refractivity contribution < 1.29 is 78.9 Å². The maximum absolute atomic E-state index is 12.8. The molecule has 0 atom stereocenters. The number of hydrogen-bond donors (Lipinski definition) is 1. The van der Waals surface area contributed by atoms with E-state index in [-0.39, 0.29) is 26.6 Å². The predicted molar refractivity (Wildman–Crippen MR) is 475 cm³/mol. The molecule has 16 nitrogen and oxygen atoms in total. The molecule has 12 rings (SSSR count). The summed E-state index contributed by atoms with van der Waals surface area (Å²) in [4.78, 5) is 97.6. The molecule has 4 aliphatic heterocycles. The van der Waals surface area contributed by atoms with Gasteiger partial charge in [0.05, 0.1) is 44.5 Å². The number of amides is 4. The maximum atomic E-state index is 12.8. The molecule has 4 amide bonds. The second kappa shape index (κ2) is 36.7. The summed E-state index contributed by atoms with van der Waals surface area (Å²) in [6.45, 7) is 54.0. The fourth-order valence-corrected chi connectivity index (χ4v) is 40.4. The van der Waals surface area contributed by atoms with E-state index >= 15 is 0 Å². The average Bonchev–Trinajstić information content (AvgIpc) is 0.743. The molecule has 0 saturated heterocycles. The van der Waals surface area contributed by atoms with Gasteiger partial charge in [0.15, 0.2) is 0 Å². The largest absolute Gasteiger partial charge is 0.525 e. The second-order valence-corrected chi connectivity index (χ2v) is 58.9. The van der Waals surface area contributed by atoms with Crippen LogP contribution in [0.1, 0.15) is 266 Å². The van der Waals surface area contributed by atoms with E-state index in [9.17, 15) is 65.2 Å². The molecule has 0 fully saturated rings. The van der Waals surface area contributed by atoms with E-state index in [1.165, 1.54) is 18.2 Å². The van der Waals surface area contributed by atoms with Gasteiger partial charge in [0, 0.05) is 42.7 Å². The smallest absolute Gasteiger partial charge is 0.386 e. The predicted octanol–water partition coefficient (Wildman–Crippen LogP) is 23.7. The number of nitrogens with zero attached hydrogens (tertiary/aromatic N) is 2. The quantitative estimate of drug-likeness (QED) is 0.0203. The molecular weight excluding hydrogens is 1650 g/mol. The van der Waals surface area contributed by atoms with E-state index in [4.69, 9.17) is 11.2 Å². The zero-order valence-electron chi connectivity index (χ0n) is 71.6. The molecule has 4 aliphatic rings. The first-order chi connectivity index (χ1) is 55.0. The van der Waals surface area contributed by atoms with Gasteiger partial charge in [0.2, 0.25) is 0 Å². The zero-order valence-corrected chi connectivity index (χ0v) is 78.0. The lowest BCUT2D eigenvalue weighted by molar-refractivity contribution is -0.0761. The minimum atomic E-state index is -6.23. The van der Waals surface area contributed by atoms with Gasteiger partial charge in [-0.05, 0) is 161 Å². The van der Waals surface area contributed by atoms with Crippen molar-refractivity contribution in [3.05, 3.63) is 187 Å². The highest BCUT2D eigenvalue weighted by atomic mass is 79.9. The van der Waals surface area contributed by atoms with Gasteiger partial charge >= 0.3 is 39.5 Å². The summed E-state index contributed by atoms with van der Waals surface area (Å²) in [5.74, 6) is 3.83. The van der Waals surface area contributed by atoms with Crippen LogP contribution in [-0.4, -0.2) is 109 Å². The molecule has 0 saturated carbocycles. The number of esters is 4. The fourth-order valence-electron chi connectivity index (χ4n) is 18.9. The highest BCUT2D eigenvalue weighted by Gasteiger charge is 2.52. The number of ether oxygens (including phenoxy) is 2. The number of terminal acetylenes is 1. The number of hydrogen-bond acceptors (Lipinski definition) is 14. The van der Waals surface area contributed by atoms with E-state index in [0.717, 1.165) is 31.8 Å². The number of imide groups is 2. The molecule has 118 heavy (non-hydrogen) atoms. The molecule has 0 spiro atoms. The number of carbonyl (C=O) groups excluding carboxylic acids is 8. The van der Waals surface area contributed by atoms with Gasteiger partial charge in [-0.15, -0.1) is 43.0 Å². The maximum Gasteiger partial charge on any atom is 0.525 e. The lowest BCUT2D eigenvalue weighted by atomic mass is 9.92. The average molecular weight is 1760 g/mol. The van der Waals surface area contributed by atoms with Crippen molar-refractivity contribution in [3.63, 3.8) is 0 Å². The zero-order chi connectivity index (χ0) is 88.5. The van der Waals surface area contributed by atoms with Crippen molar-refractivity contribution in [2.45, 2.75) is 238 Å². The lowest BCUT2D eigenvalue weighted by Crippen LogP contribution is -2.44. The fraction of sp³-hybridized carbons (Fsp3) is 0.398. The summed E-state index contributed by atoms with van der Waals surface area (Å²) in [6.07, 6.45) is 5.72. The van der Waals surface area contributed by atoms with E-state index in [1.54, 1.807) is 66.7 Å². The Morgan fingerprint density at radius 3 is 0.890 bits per heavy atom. The Labute approximate surface area is 704 Å². The van der Waals surface area contributed by atoms with Gasteiger partial charge in [-0.1, -0.05) is 248 Å². The first kappa shape index (κ1) is 94.1. The summed E-state index contributed by atoms with van der Waals surface area (Å²) < 4.78 is 75.6. The molecular formula is C93H106BrF3N2O14SSi4. The van der Waals surface area contributed by atoms with E-state index in [0.29, 0.717) is 127 Å². The van der Waals surface area contributed by atoms with Crippen molar-refractivity contribution in [1.82, 2.24) is 10.1 Å². The van der Waals surface area contributed by atoms with Gasteiger partial charge in [-0.2, -0.15) is 21.6 Å². The van der Waals surface area contributed by atoms with Crippen LogP contribution >= 0.6 is 15.9 Å². The molecule has 4 heterocycles. The number of cyclic esters (lactones) is 4. The van der Waals surface area contributed by atoms with Crippen LogP contribution in [-0.2, 0) is 23.9 Å². The normalized spacial score (nSPS) is 14.2. The number of hydroxylamine groups is 4. The lowest BCUT2D eigenvalue weighted by Gasteiger charge is -2.38. The minimum Gasteiger partial charge on any atom is -0.386 e. The van der Waals surface area contributed by atoms with E-state index in [2.05, 4.69) is 231 Å². The van der Waals surface area contributed by atoms with Crippen LogP contribution in [0, 0.1) is 46.4 Å². The van der Waals surface area contributed by atoms with Crippen molar-refractivity contribution in [2.24, 2.45) is 0 Å². The minimum absolute atomic E-state index is 0.154. The number of benzene rings is 8. The van der Waals surface area contributed by atoms with Gasteiger partial charge in [-0.25, -0.2) is 19.2 Å². The molecule has 0 unspecified atom stereocenters. The molecule has 0 radical (unpaired) electrons. The first-order valence-corrected chi connectivity index (χ1v) is 51.0. The molecule has 8 aromatic rings. The Morgan fingerprint density at radius 1 is 0.364 bits per heavy atom. The summed E-state index contributed by atoms with van der Waals surface area (Å²) in [6, 6.07) is 33.9. The molecule has 8 aromatic carbocycles. The summed E-state index contributed by atoms with van der Waals surface area (Å²) >= 11 is 3.39. The summed E-state index contributed by atoms with van der Waals surface area (Å²) in [7, 11) is -13.6.